The zero-order valence-corrected chi connectivity index (χ0v) is 9.52. The molecule has 4 N–H and O–H groups in total. The van der Waals surface area contributed by atoms with Gasteiger partial charge in [-0.15, -0.1) is 0 Å². The molecular formula is C10H19N3O3. The predicted octanol–water partition coefficient (Wildman–Crippen LogP) is -1.32. The van der Waals surface area contributed by atoms with Crippen molar-refractivity contribution < 1.29 is 14.3 Å². The van der Waals surface area contributed by atoms with Crippen LogP contribution in [0, 0.1) is 5.92 Å². The maximum Gasteiger partial charge on any atom is 0.253 e. The Hall–Kier alpha value is -1.14. The van der Waals surface area contributed by atoms with Crippen LogP contribution in [-0.2, 0) is 14.3 Å². The van der Waals surface area contributed by atoms with Gasteiger partial charge in [-0.05, 0) is 12.8 Å². The molecule has 6 nitrogen and oxygen atoms in total. The Morgan fingerprint density at radius 2 is 2.00 bits per heavy atom. The summed E-state index contributed by atoms with van der Waals surface area (Å²) in [6.07, 6.45) is 0.676. The maximum absolute atomic E-state index is 11.8. The van der Waals surface area contributed by atoms with Crippen molar-refractivity contribution in [2.45, 2.75) is 18.9 Å². The first-order valence-electron chi connectivity index (χ1n) is 5.41. The van der Waals surface area contributed by atoms with Crippen LogP contribution in [0.5, 0.6) is 0 Å². The van der Waals surface area contributed by atoms with Crippen molar-refractivity contribution in [2.75, 3.05) is 26.7 Å². The number of piperidine rings is 1. The molecule has 92 valence electrons. The van der Waals surface area contributed by atoms with E-state index < -0.39 is 6.10 Å². The normalized spacial score (nSPS) is 19.5. The zero-order valence-electron chi connectivity index (χ0n) is 9.52. The highest BCUT2D eigenvalue weighted by Crippen LogP contribution is 2.17. The minimum atomic E-state index is -0.579. The molecule has 0 radical (unpaired) electrons. The monoisotopic (exact) mass is 229 g/mol. The summed E-state index contributed by atoms with van der Waals surface area (Å²) in [5.41, 5.74) is 10.6. The van der Waals surface area contributed by atoms with Gasteiger partial charge in [-0.1, -0.05) is 0 Å². The SMILES string of the molecule is COC(CN)C(=O)N1CCC(C(N)=O)CC1. The highest BCUT2D eigenvalue weighted by atomic mass is 16.5. The minimum absolute atomic E-state index is 0.104. The van der Waals surface area contributed by atoms with E-state index in [0.29, 0.717) is 25.9 Å². The van der Waals surface area contributed by atoms with Crippen LogP contribution >= 0.6 is 0 Å². The Balaban J connectivity index is 2.47. The molecule has 1 rings (SSSR count). The van der Waals surface area contributed by atoms with E-state index in [0.717, 1.165) is 0 Å². The topological polar surface area (TPSA) is 98.7 Å². The molecule has 0 aliphatic carbocycles. The summed E-state index contributed by atoms with van der Waals surface area (Å²) in [6, 6.07) is 0. The first kappa shape index (κ1) is 12.9. The van der Waals surface area contributed by atoms with Crippen LogP contribution in [0.3, 0.4) is 0 Å². The van der Waals surface area contributed by atoms with Crippen molar-refractivity contribution in [2.24, 2.45) is 17.4 Å². The van der Waals surface area contributed by atoms with Crippen molar-refractivity contribution in [3.63, 3.8) is 0 Å². The maximum atomic E-state index is 11.8. The fraction of sp³-hybridized carbons (Fsp3) is 0.800. The molecule has 2 amide bonds. The highest BCUT2D eigenvalue weighted by Gasteiger charge is 2.29. The van der Waals surface area contributed by atoms with Crippen LogP contribution in [0.4, 0.5) is 0 Å². The van der Waals surface area contributed by atoms with Gasteiger partial charge in [0.1, 0.15) is 6.10 Å². The smallest absolute Gasteiger partial charge is 0.253 e. The fourth-order valence-corrected chi connectivity index (χ4v) is 1.89. The number of rotatable bonds is 4. The molecule has 1 aliphatic rings. The van der Waals surface area contributed by atoms with Crippen molar-refractivity contribution in [1.82, 2.24) is 4.90 Å². The molecule has 1 aliphatic heterocycles. The molecule has 6 heteroatoms. The first-order valence-corrected chi connectivity index (χ1v) is 5.41. The van der Waals surface area contributed by atoms with Crippen molar-refractivity contribution in [3.8, 4) is 0 Å². The van der Waals surface area contributed by atoms with Crippen LogP contribution in [0.1, 0.15) is 12.8 Å². The second-order valence-electron chi connectivity index (χ2n) is 3.96. The van der Waals surface area contributed by atoms with Gasteiger partial charge in [0.25, 0.3) is 5.91 Å². The van der Waals surface area contributed by atoms with Crippen LogP contribution in [0.15, 0.2) is 0 Å². The van der Waals surface area contributed by atoms with E-state index in [4.69, 9.17) is 16.2 Å². The molecular weight excluding hydrogens is 210 g/mol. The summed E-state index contributed by atoms with van der Waals surface area (Å²) in [7, 11) is 1.46. The second-order valence-corrected chi connectivity index (χ2v) is 3.96. The number of primary amides is 1. The third-order valence-corrected chi connectivity index (χ3v) is 2.98. The van der Waals surface area contributed by atoms with E-state index in [2.05, 4.69) is 0 Å². The average Bonchev–Trinajstić information content (AvgIpc) is 2.30. The standard InChI is InChI=1S/C10H19N3O3/c1-16-8(6-11)10(15)13-4-2-7(3-5-13)9(12)14/h7-8H,2-6,11H2,1H3,(H2,12,14). The van der Waals surface area contributed by atoms with Crippen LogP contribution < -0.4 is 11.5 Å². The summed E-state index contributed by atoms with van der Waals surface area (Å²) in [6.45, 7) is 1.27. The van der Waals surface area contributed by atoms with E-state index in [1.807, 2.05) is 0 Å². The van der Waals surface area contributed by atoms with E-state index in [1.54, 1.807) is 4.90 Å². The van der Waals surface area contributed by atoms with E-state index >= 15 is 0 Å². The van der Waals surface area contributed by atoms with Gasteiger partial charge >= 0.3 is 0 Å². The molecule has 0 aromatic heterocycles. The molecule has 0 aromatic carbocycles. The van der Waals surface area contributed by atoms with Crippen molar-refractivity contribution >= 4 is 11.8 Å². The van der Waals surface area contributed by atoms with Gasteiger partial charge < -0.3 is 21.1 Å². The Labute approximate surface area is 94.9 Å². The predicted molar refractivity (Wildman–Crippen MR) is 58.3 cm³/mol. The largest absolute Gasteiger partial charge is 0.370 e. The molecule has 1 unspecified atom stereocenters. The van der Waals surface area contributed by atoms with Crippen molar-refractivity contribution in [3.05, 3.63) is 0 Å². The summed E-state index contributed by atoms with van der Waals surface area (Å²) in [5.74, 6) is -0.495. The molecule has 0 saturated carbocycles. The van der Waals surface area contributed by atoms with Gasteiger partial charge in [-0.2, -0.15) is 0 Å². The van der Waals surface area contributed by atoms with E-state index in [1.165, 1.54) is 7.11 Å². The third kappa shape index (κ3) is 2.93. The lowest BCUT2D eigenvalue weighted by Crippen LogP contribution is -2.48. The Morgan fingerprint density at radius 1 is 1.44 bits per heavy atom. The summed E-state index contributed by atoms with van der Waals surface area (Å²) < 4.78 is 4.98. The number of methoxy groups -OCH3 is 1. The van der Waals surface area contributed by atoms with Gasteiger partial charge in [0.15, 0.2) is 0 Å². The number of amides is 2. The molecule has 1 atom stereocenters. The Morgan fingerprint density at radius 3 is 2.38 bits per heavy atom. The zero-order chi connectivity index (χ0) is 12.1. The molecule has 1 fully saturated rings. The van der Waals surface area contributed by atoms with Gasteiger partial charge in [0.2, 0.25) is 5.91 Å². The molecule has 1 heterocycles. The van der Waals surface area contributed by atoms with E-state index in [-0.39, 0.29) is 24.3 Å². The fourth-order valence-electron chi connectivity index (χ4n) is 1.89. The lowest BCUT2D eigenvalue weighted by molar-refractivity contribution is -0.143. The lowest BCUT2D eigenvalue weighted by Gasteiger charge is -2.32. The number of nitrogens with two attached hydrogens (primary N) is 2. The first-order chi connectivity index (χ1) is 7.60. The third-order valence-electron chi connectivity index (χ3n) is 2.98. The van der Waals surface area contributed by atoms with Gasteiger partial charge in [0.05, 0.1) is 0 Å². The second kappa shape index (κ2) is 5.81. The number of carbonyl (C=O) groups excluding carboxylic acids is 2. The van der Waals surface area contributed by atoms with Crippen molar-refractivity contribution in [1.29, 1.82) is 0 Å². The summed E-state index contributed by atoms with van der Waals surface area (Å²) in [4.78, 5) is 24.5. The summed E-state index contributed by atoms with van der Waals surface area (Å²) >= 11 is 0. The molecule has 0 bridgehead atoms. The van der Waals surface area contributed by atoms with Gasteiger partial charge in [0, 0.05) is 32.7 Å². The number of carbonyl (C=O) groups is 2. The van der Waals surface area contributed by atoms with Crippen LogP contribution in [0.25, 0.3) is 0 Å². The minimum Gasteiger partial charge on any atom is -0.370 e. The van der Waals surface area contributed by atoms with Gasteiger partial charge in [-0.25, -0.2) is 0 Å². The number of hydrogen-bond donors (Lipinski definition) is 2. The highest BCUT2D eigenvalue weighted by molar-refractivity contribution is 5.82. The Bertz CT molecular complexity index is 258. The molecule has 16 heavy (non-hydrogen) atoms. The number of ether oxygens (including phenoxy) is 1. The number of likely N-dealkylation sites (tertiary alicyclic amines) is 1. The Kier molecular flexibility index (Phi) is 4.70. The van der Waals surface area contributed by atoms with E-state index in [9.17, 15) is 9.59 Å². The van der Waals surface area contributed by atoms with Crippen LogP contribution in [-0.4, -0.2) is 49.6 Å². The quantitative estimate of drug-likeness (QED) is 0.625. The summed E-state index contributed by atoms with van der Waals surface area (Å²) in [5, 5.41) is 0. The van der Waals surface area contributed by atoms with Gasteiger partial charge in [-0.3, -0.25) is 9.59 Å². The average molecular weight is 229 g/mol. The van der Waals surface area contributed by atoms with Crippen LogP contribution in [0.2, 0.25) is 0 Å². The number of hydrogen-bond acceptors (Lipinski definition) is 4. The number of nitrogens with zero attached hydrogens (tertiary/aromatic N) is 1. The lowest BCUT2D eigenvalue weighted by atomic mass is 9.96. The molecule has 0 aromatic rings. The molecule has 1 saturated heterocycles. The molecule has 0 spiro atoms.